The molecule has 0 atom stereocenters. The van der Waals surface area contributed by atoms with Gasteiger partial charge in [0.2, 0.25) is 5.95 Å². The van der Waals surface area contributed by atoms with Crippen LogP contribution < -0.4 is 11.1 Å². The van der Waals surface area contributed by atoms with E-state index in [2.05, 4.69) is 38.1 Å². The van der Waals surface area contributed by atoms with E-state index < -0.39 is 0 Å². The summed E-state index contributed by atoms with van der Waals surface area (Å²) in [7, 11) is 0. The number of nitrogens with zero attached hydrogens (tertiary/aromatic N) is 2. The van der Waals surface area contributed by atoms with Crippen molar-refractivity contribution in [3.63, 3.8) is 0 Å². The molecule has 0 amide bonds. The second-order valence-electron chi connectivity index (χ2n) is 2.37. The lowest BCUT2D eigenvalue weighted by atomic mass is 10.5. The Morgan fingerprint density at radius 1 is 1.58 bits per heavy atom. The van der Waals surface area contributed by atoms with Gasteiger partial charge in [-0.3, -0.25) is 0 Å². The van der Waals surface area contributed by atoms with Crippen LogP contribution in [0.1, 0.15) is 13.3 Å². The third-order valence-corrected chi connectivity index (χ3v) is 1.65. The zero-order valence-electron chi connectivity index (χ0n) is 6.84. The fourth-order valence-corrected chi connectivity index (χ4v) is 1.15. The first kappa shape index (κ1) is 9.25. The second-order valence-corrected chi connectivity index (χ2v) is 3.18. The van der Waals surface area contributed by atoms with Gasteiger partial charge >= 0.3 is 0 Å². The number of halogens is 1. The number of nitrogens with two attached hydrogens (primary N) is 1. The van der Waals surface area contributed by atoms with Gasteiger partial charge < -0.3 is 11.1 Å². The summed E-state index contributed by atoms with van der Waals surface area (Å²) in [5, 5.41) is 3.04. The molecule has 0 saturated heterocycles. The fourth-order valence-electron chi connectivity index (χ4n) is 0.751. The summed E-state index contributed by atoms with van der Waals surface area (Å²) in [6.45, 7) is 2.93. The van der Waals surface area contributed by atoms with E-state index in [1.54, 1.807) is 6.07 Å². The summed E-state index contributed by atoms with van der Waals surface area (Å²) in [6.07, 6.45) is 1.04. The Bertz CT molecular complexity index is 243. The van der Waals surface area contributed by atoms with Gasteiger partial charge in [-0.2, -0.15) is 4.98 Å². The monoisotopic (exact) mass is 230 g/mol. The summed E-state index contributed by atoms with van der Waals surface area (Å²) in [5.41, 5.74) is 5.51. The van der Waals surface area contributed by atoms with Crippen molar-refractivity contribution in [3.8, 4) is 0 Å². The maximum atomic E-state index is 5.51. The number of anilines is 2. The zero-order chi connectivity index (χ0) is 8.97. The molecule has 0 unspecified atom stereocenters. The molecule has 3 N–H and O–H groups in total. The summed E-state index contributed by atoms with van der Waals surface area (Å²) in [6, 6.07) is 1.66. The highest BCUT2D eigenvalue weighted by Crippen LogP contribution is 2.11. The van der Waals surface area contributed by atoms with E-state index in [0.717, 1.165) is 13.0 Å². The largest absolute Gasteiger partial charge is 0.383 e. The van der Waals surface area contributed by atoms with Crippen LogP contribution in [0.2, 0.25) is 0 Å². The van der Waals surface area contributed by atoms with Crippen LogP contribution in [-0.2, 0) is 0 Å². The van der Waals surface area contributed by atoms with Gasteiger partial charge in [0, 0.05) is 12.6 Å². The Morgan fingerprint density at radius 2 is 2.33 bits per heavy atom. The first-order chi connectivity index (χ1) is 5.72. The minimum atomic E-state index is 0.468. The third kappa shape index (κ3) is 2.65. The van der Waals surface area contributed by atoms with Crippen LogP contribution in [-0.4, -0.2) is 16.5 Å². The average molecular weight is 231 g/mol. The van der Waals surface area contributed by atoms with Crippen LogP contribution in [0, 0.1) is 0 Å². The van der Waals surface area contributed by atoms with E-state index >= 15 is 0 Å². The van der Waals surface area contributed by atoms with Crippen molar-refractivity contribution >= 4 is 27.7 Å². The van der Waals surface area contributed by atoms with Gasteiger partial charge in [-0.25, -0.2) is 4.98 Å². The van der Waals surface area contributed by atoms with Crippen LogP contribution in [0.25, 0.3) is 0 Å². The number of hydrogen-bond acceptors (Lipinski definition) is 4. The number of hydrogen-bond donors (Lipinski definition) is 2. The average Bonchev–Trinajstić information content (AvgIpc) is 1.99. The number of nitrogen functional groups attached to an aromatic ring is 1. The highest BCUT2D eigenvalue weighted by atomic mass is 79.9. The van der Waals surface area contributed by atoms with Crippen molar-refractivity contribution in [2.24, 2.45) is 0 Å². The molecule has 1 aromatic rings. The molecule has 5 heteroatoms. The minimum Gasteiger partial charge on any atom is -0.383 e. The summed E-state index contributed by atoms with van der Waals surface area (Å²) in [5.74, 6) is 1.04. The molecule has 0 aliphatic rings. The van der Waals surface area contributed by atoms with Crippen molar-refractivity contribution in [2.45, 2.75) is 13.3 Å². The normalized spacial score (nSPS) is 9.83. The Labute approximate surface area is 79.7 Å². The molecule has 0 bridgehead atoms. The van der Waals surface area contributed by atoms with Crippen molar-refractivity contribution in [3.05, 3.63) is 10.7 Å². The molecule has 0 radical (unpaired) electrons. The Balaban J connectivity index is 2.72. The predicted octanol–water partition coefficient (Wildman–Crippen LogP) is 1.64. The van der Waals surface area contributed by atoms with E-state index in [1.807, 2.05) is 0 Å². The molecular weight excluding hydrogens is 220 g/mol. The third-order valence-electron chi connectivity index (χ3n) is 1.25. The molecule has 0 aromatic carbocycles. The molecule has 66 valence electrons. The predicted molar refractivity (Wildman–Crippen MR) is 52.9 cm³/mol. The van der Waals surface area contributed by atoms with Crippen LogP contribution >= 0.6 is 15.9 Å². The molecule has 1 heterocycles. The van der Waals surface area contributed by atoms with Gasteiger partial charge in [-0.05, 0) is 22.4 Å². The summed E-state index contributed by atoms with van der Waals surface area (Å²) in [4.78, 5) is 8.08. The first-order valence-electron chi connectivity index (χ1n) is 3.76. The first-order valence-corrected chi connectivity index (χ1v) is 4.55. The van der Waals surface area contributed by atoms with Crippen molar-refractivity contribution in [1.29, 1.82) is 0 Å². The van der Waals surface area contributed by atoms with Crippen molar-refractivity contribution in [1.82, 2.24) is 9.97 Å². The maximum Gasteiger partial charge on any atom is 0.225 e. The van der Waals surface area contributed by atoms with E-state index in [-0.39, 0.29) is 0 Å². The van der Waals surface area contributed by atoms with Gasteiger partial charge in [-0.1, -0.05) is 6.92 Å². The fraction of sp³-hybridized carbons (Fsp3) is 0.429. The lowest BCUT2D eigenvalue weighted by Crippen LogP contribution is -2.05. The zero-order valence-corrected chi connectivity index (χ0v) is 8.43. The molecule has 0 saturated carbocycles. The van der Waals surface area contributed by atoms with E-state index in [0.29, 0.717) is 16.4 Å². The molecule has 1 rings (SSSR count). The topological polar surface area (TPSA) is 63.8 Å². The van der Waals surface area contributed by atoms with Crippen molar-refractivity contribution in [2.75, 3.05) is 17.6 Å². The van der Waals surface area contributed by atoms with Gasteiger partial charge in [0.15, 0.2) is 0 Å². The standard InChI is InChI=1S/C7H11BrN4/c1-2-3-10-7-11-5(8)4-6(9)12-7/h4H,2-3H2,1H3,(H3,9,10,11,12). The molecular formula is C7H11BrN4. The van der Waals surface area contributed by atoms with E-state index in [9.17, 15) is 0 Å². The molecule has 12 heavy (non-hydrogen) atoms. The highest BCUT2D eigenvalue weighted by Gasteiger charge is 1.97. The van der Waals surface area contributed by atoms with Crippen LogP contribution in [0.3, 0.4) is 0 Å². The van der Waals surface area contributed by atoms with Gasteiger partial charge in [0.25, 0.3) is 0 Å². The van der Waals surface area contributed by atoms with E-state index in [1.165, 1.54) is 0 Å². The van der Waals surface area contributed by atoms with Gasteiger partial charge in [-0.15, -0.1) is 0 Å². The lowest BCUT2D eigenvalue weighted by Gasteiger charge is -2.03. The smallest absolute Gasteiger partial charge is 0.225 e. The Hall–Kier alpha value is -0.840. The Morgan fingerprint density at radius 3 is 2.92 bits per heavy atom. The SMILES string of the molecule is CCCNc1nc(N)cc(Br)n1. The lowest BCUT2D eigenvalue weighted by molar-refractivity contribution is 0.951. The van der Waals surface area contributed by atoms with Crippen LogP contribution in [0.5, 0.6) is 0 Å². The van der Waals surface area contributed by atoms with Crippen LogP contribution in [0.4, 0.5) is 11.8 Å². The van der Waals surface area contributed by atoms with Gasteiger partial charge in [0.1, 0.15) is 10.4 Å². The Kier molecular flexibility index (Phi) is 3.28. The number of aromatic nitrogens is 2. The second kappa shape index (κ2) is 4.25. The van der Waals surface area contributed by atoms with Crippen molar-refractivity contribution < 1.29 is 0 Å². The molecule has 0 aliphatic carbocycles. The number of nitrogens with one attached hydrogen (secondary N) is 1. The van der Waals surface area contributed by atoms with Gasteiger partial charge in [0.05, 0.1) is 0 Å². The molecule has 1 aromatic heterocycles. The maximum absolute atomic E-state index is 5.51. The van der Waals surface area contributed by atoms with E-state index in [4.69, 9.17) is 5.73 Å². The number of rotatable bonds is 3. The van der Waals surface area contributed by atoms with Crippen LogP contribution in [0.15, 0.2) is 10.7 Å². The minimum absolute atomic E-state index is 0.468. The molecule has 0 fully saturated rings. The quantitative estimate of drug-likeness (QED) is 0.776. The summed E-state index contributed by atoms with van der Waals surface area (Å²) >= 11 is 3.23. The molecule has 0 aliphatic heterocycles. The summed E-state index contributed by atoms with van der Waals surface area (Å²) < 4.78 is 0.702. The molecule has 4 nitrogen and oxygen atoms in total. The highest BCUT2D eigenvalue weighted by molar-refractivity contribution is 9.10. The molecule has 0 spiro atoms.